The summed E-state index contributed by atoms with van der Waals surface area (Å²) < 4.78 is 1.23. The van der Waals surface area contributed by atoms with Crippen LogP contribution in [0.5, 0.6) is 0 Å². The summed E-state index contributed by atoms with van der Waals surface area (Å²) in [6.07, 6.45) is 2.18. The van der Waals surface area contributed by atoms with Crippen LogP contribution in [-0.2, 0) is 6.42 Å². The van der Waals surface area contributed by atoms with E-state index in [1.807, 2.05) is 0 Å². The van der Waals surface area contributed by atoms with Gasteiger partial charge in [-0.05, 0) is 62.3 Å². The summed E-state index contributed by atoms with van der Waals surface area (Å²) in [6.45, 7) is 8.66. The van der Waals surface area contributed by atoms with Crippen molar-refractivity contribution in [1.29, 1.82) is 0 Å². The van der Waals surface area contributed by atoms with Crippen LogP contribution in [0.1, 0.15) is 37.0 Å². The zero-order valence-corrected chi connectivity index (χ0v) is 12.3. The third-order valence-electron chi connectivity index (χ3n) is 3.01. The molecule has 2 heteroatoms. The van der Waals surface area contributed by atoms with Gasteiger partial charge in [-0.25, -0.2) is 0 Å². The molecule has 0 aliphatic carbocycles. The molecule has 2 N–H and O–H groups in total. The zero-order valence-electron chi connectivity index (χ0n) is 10.7. The maximum atomic E-state index is 5.83. The van der Waals surface area contributed by atoms with Crippen LogP contribution in [0.3, 0.4) is 0 Å². The Kier molecular flexibility index (Phi) is 5.00. The van der Waals surface area contributed by atoms with Crippen LogP contribution in [0, 0.1) is 19.8 Å². The van der Waals surface area contributed by atoms with Gasteiger partial charge in [0, 0.05) is 10.5 Å². The van der Waals surface area contributed by atoms with Gasteiger partial charge in [-0.3, -0.25) is 0 Å². The van der Waals surface area contributed by atoms with E-state index in [0.29, 0.717) is 12.0 Å². The molecule has 0 saturated heterocycles. The zero-order chi connectivity index (χ0) is 12.3. The maximum Gasteiger partial charge on any atom is 0.0210 e. The second-order valence-electron chi connectivity index (χ2n) is 5.05. The van der Waals surface area contributed by atoms with Gasteiger partial charge in [0.1, 0.15) is 0 Å². The highest BCUT2D eigenvalue weighted by molar-refractivity contribution is 9.10. The average molecular weight is 284 g/mol. The number of rotatable bonds is 4. The van der Waals surface area contributed by atoms with Gasteiger partial charge in [-0.15, -0.1) is 0 Å². The molecule has 0 radical (unpaired) electrons. The van der Waals surface area contributed by atoms with Crippen molar-refractivity contribution < 1.29 is 0 Å². The number of aryl methyl sites for hydroxylation is 2. The van der Waals surface area contributed by atoms with Crippen LogP contribution >= 0.6 is 15.9 Å². The third-order valence-corrected chi connectivity index (χ3v) is 3.74. The van der Waals surface area contributed by atoms with Crippen LogP contribution in [-0.4, -0.2) is 6.04 Å². The highest BCUT2D eigenvalue weighted by Gasteiger charge is 2.10. The molecule has 0 fully saturated rings. The van der Waals surface area contributed by atoms with Crippen LogP contribution < -0.4 is 5.73 Å². The molecule has 0 aliphatic rings. The summed E-state index contributed by atoms with van der Waals surface area (Å²) in [6, 6.07) is 4.79. The molecule has 0 saturated carbocycles. The van der Waals surface area contributed by atoms with Crippen molar-refractivity contribution in [2.45, 2.75) is 46.6 Å². The van der Waals surface area contributed by atoms with Gasteiger partial charge in [-0.1, -0.05) is 28.9 Å². The van der Waals surface area contributed by atoms with E-state index in [1.165, 1.54) is 21.2 Å². The second-order valence-corrected chi connectivity index (χ2v) is 5.90. The predicted octanol–water partition coefficient (Wildman–Crippen LogP) is 3.98. The van der Waals surface area contributed by atoms with Crippen molar-refractivity contribution in [2.24, 2.45) is 11.7 Å². The minimum Gasteiger partial charge on any atom is -0.328 e. The molecular weight excluding hydrogens is 262 g/mol. The first-order valence-corrected chi connectivity index (χ1v) is 6.70. The monoisotopic (exact) mass is 283 g/mol. The quantitative estimate of drug-likeness (QED) is 0.889. The van der Waals surface area contributed by atoms with E-state index in [0.717, 1.165) is 12.8 Å². The number of hydrogen-bond acceptors (Lipinski definition) is 1. The lowest BCUT2D eigenvalue weighted by Gasteiger charge is -2.16. The molecule has 16 heavy (non-hydrogen) atoms. The van der Waals surface area contributed by atoms with Crippen LogP contribution in [0.2, 0.25) is 0 Å². The van der Waals surface area contributed by atoms with E-state index in [-0.39, 0.29) is 0 Å². The largest absolute Gasteiger partial charge is 0.328 e. The summed E-state index contributed by atoms with van der Waals surface area (Å²) in [7, 11) is 0. The van der Waals surface area contributed by atoms with E-state index in [9.17, 15) is 0 Å². The molecule has 0 heterocycles. The molecule has 90 valence electrons. The minimum absolute atomic E-state index is 0.292. The summed E-state index contributed by atoms with van der Waals surface area (Å²) in [5.74, 6) is 0.637. The summed E-state index contributed by atoms with van der Waals surface area (Å²) in [5.41, 5.74) is 9.94. The Balaban J connectivity index is 2.77. The molecule has 0 spiro atoms. The van der Waals surface area contributed by atoms with Crippen molar-refractivity contribution in [3.63, 3.8) is 0 Å². The normalized spacial score (nSPS) is 14.9. The van der Waals surface area contributed by atoms with Gasteiger partial charge < -0.3 is 5.73 Å². The van der Waals surface area contributed by atoms with E-state index in [2.05, 4.69) is 55.8 Å². The summed E-state index contributed by atoms with van der Waals surface area (Å²) in [4.78, 5) is 0. The van der Waals surface area contributed by atoms with Gasteiger partial charge in [-0.2, -0.15) is 0 Å². The average Bonchev–Trinajstić information content (AvgIpc) is 2.12. The Hall–Kier alpha value is -0.340. The Morgan fingerprint density at radius 2 is 1.75 bits per heavy atom. The summed E-state index contributed by atoms with van der Waals surface area (Å²) >= 11 is 3.64. The third kappa shape index (κ3) is 3.91. The highest BCUT2D eigenvalue weighted by atomic mass is 79.9. The first-order valence-electron chi connectivity index (χ1n) is 5.91. The summed E-state index contributed by atoms with van der Waals surface area (Å²) in [5, 5.41) is 0. The van der Waals surface area contributed by atoms with Gasteiger partial charge in [0.2, 0.25) is 0 Å². The number of benzene rings is 1. The first kappa shape index (κ1) is 13.7. The Bertz CT molecular complexity index is 358. The minimum atomic E-state index is 0.292. The standard InChI is InChI=1S/C14H22BrN/c1-9(5-12(4)16)6-13-7-10(2)11(3)8-14(13)15/h7-9,12H,5-6,16H2,1-4H3. The topological polar surface area (TPSA) is 26.0 Å². The molecule has 0 amide bonds. The van der Waals surface area contributed by atoms with Crippen LogP contribution in [0.15, 0.2) is 16.6 Å². The van der Waals surface area contributed by atoms with Crippen molar-refractivity contribution in [2.75, 3.05) is 0 Å². The molecule has 0 aromatic heterocycles. The van der Waals surface area contributed by atoms with Gasteiger partial charge in [0.05, 0.1) is 0 Å². The van der Waals surface area contributed by atoms with Gasteiger partial charge >= 0.3 is 0 Å². The van der Waals surface area contributed by atoms with Gasteiger partial charge in [0.25, 0.3) is 0 Å². The van der Waals surface area contributed by atoms with Gasteiger partial charge in [0.15, 0.2) is 0 Å². The fraction of sp³-hybridized carbons (Fsp3) is 0.571. The van der Waals surface area contributed by atoms with Crippen LogP contribution in [0.4, 0.5) is 0 Å². The number of hydrogen-bond donors (Lipinski definition) is 1. The molecule has 0 aliphatic heterocycles. The molecule has 2 atom stereocenters. The molecule has 1 aromatic rings. The molecule has 0 bridgehead atoms. The first-order chi connectivity index (χ1) is 7.40. The van der Waals surface area contributed by atoms with Crippen molar-refractivity contribution >= 4 is 15.9 Å². The van der Waals surface area contributed by atoms with E-state index in [1.54, 1.807) is 0 Å². The Morgan fingerprint density at radius 1 is 1.19 bits per heavy atom. The molecule has 1 nitrogen and oxygen atoms in total. The van der Waals surface area contributed by atoms with Crippen LogP contribution in [0.25, 0.3) is 0 Å². The van der Waals surface area contributed by atoms with Crippen molar-refractivity contribution in [3.8, 4) is 0 Å². The molecular formula is C14H22BrN. The highest BCUT2D eigenvalue weighted by Crippen LogP contribution is 2.25. The Morgan fingerprint density at radius 3 is 2.31 bits per heavy atom. The van der Waals surface area contributed by atoms with E-state index < -0.39 is 0 Å². The number of nitrogens with two attached hydrogens (primary N) is 1. The van der Waals surface area contributed by atoms with Crippen molar-refractivity contribution in [3.05, 3.63) is 33.3 Å². The van der Waals surface area contributed by atoms with E-state index in [4.69, 9.17) is 5.73 Å². The molecule has 1 aromatic carbocycles. The maximum absolute atomic E-state index is 5.83. The fourth-order valence-electron chi connectivity index (χ4n) is 2.09. The predicted molar refractivity (Wildman–Crippen MR) is 74.8 cm³/mol. The lowest BCUT2D eigenvalue weighted by atomic mass is 9.93. The lowest BCUT2D eigenvalue weighted by molar-refractivity contribution is 0.479. The van der Waals surface area contributed by atoms with Crippen molar-refractivity contribution in [1.82, 2.24) is 0 Å². The smallest absolute Gasteiger partial charge is 0.0210 e. The SMILES string of the molecule is Cc1cc(Br)c(CC(C)CC(C)N)cc1C. The fourth-order valence-corrected chi connectivity index (χ4v) is 2.71. The molecule has 2 unspecified atom stereocenters. The molecule has 1 rings (SSSR count). The second kappa shape index (κ2) is 5.83. The Labute approximate surface area is 108 Å². The lowest BCUT2D eigenvalue weighted by Crippen LogP contribution is -2.19. The number of halogens is 1. The van der Waals surface area contributed by atoms with E-state index >= 15 is 0 Å².